The third-order valence-corrected chi connectivity index (χ3v) is 2.69. The van der Waals surface area contributed by atoms with Gasteiger partial charge in [-0.05, 0) is 41.0 Å². The second-order valence-electron chi connectivity index (χ2n) is 4.08. The maximum atomic E-state index is 10.6. The van der Waals surface area contributed by atoms with Crippen molar-refractivity contribution in [3.05, 3.63) is 65.2 Å². The third-order valence-electron chi connectivity index (χ3n) is 2.69. The first-order chi connectivity index (χ1) is 9.56. The minimum atomic E-state index is -1.24. The molecule has 0 unspecified atom stereocenters. The Bertz CT molecular complexity index is 556. The molecule has 102 valence electrons. The number of hydrogen-bond donors (Lipinski definition) is 0. The Hall–Kier alpha value is -2.82. The Kier molecular flexibility index (Phi) is 4.00. The number of rotatable bonds is 5. The van der Waals surface area contributed by atoms with Gasteiger partial charge in [-0.15, -0.1) is 0 Å². The van der Waals surface area contributed by atoms with E-state index in [0.717, 1.165) is 5.56 Å². The lowest BCUT2D eigenvalue weighted by atomic mass is 10.1. The molecule has 0 fully saturated rings. The molecule has 0 saturated carbocycles. The van der Waals surface area contributed by atoms with Crippen LogP contribution < -0.4 is 14.9 Å². The zero-order valence-electron chi connectivity index (χ0n) is 10.4. The molecule has 0 N–H and O–H groups in total. The van der Waals surface area contributed by atoms with Crippen molar-refractivity contribution in [3.8, 4) is 5.75 Å². The maximum Gasteiger partial charge on any atom is 0.119 e. The van der Waals surface area contributed by atoms with Crippen molar-refractivity contribution >= 4 is 11.9 Å². The molecule has 20 heavy (non-hydrogen) atoms. The van der Waals surface area contributed by atoms with Gasteiger partial charge in [0.2, 0.25) is 0 Å². The van der Waals surface area contributed by atoms with Crippen molar-refractivity contribution in [2.45, 2.75) is 6.61 Å². The minimum absolute atomic E-state index is 0.0793. The van der Waals surface area contributed by atoms with E-state index in [1.54, 1.807) is 12.1 Å². The quantitative estimate of drug-likeness (QED) is 0.762. The number of carboxylic acid groups (broad SMARTS) is 2. The van der Waals surface area contributed by atoms with Gasteiger partial charge in [-0.3, -0.25) is 0 Å². The summed E-state index contributed by atoms with van der Waals surface area (Å²) < 4.78 is 5.45. The molecule has 2 aromatic rings. The highest BCUT2D eigenvalue weighted by Crippen LogP contribution is 2.14. The van der Waals surface area contributed by atoms with Crippen molar-refractivity contribution in [2.75, 3.05) is 0 Å². The van der Waals surface area contributed by atoms with E-state index in [0.29, 0.717) is 5.75 Å². The fourth-order valence-electron chi connectivity index (χ4n) is 1.59. The normalized spacial score (nSPS) is 10.0. The van der Waals surface area contributed by atoms with Gasteiger partial charge in [-0.25, -0.2) is 0 Å². The summed E-state index contributed by atoms with van der Waals surface area (Å²) in [6.07, 6.45) is 0. The van der Waals surface area contributed by atoms with Gasteiger partial charge in [0.05, 0.1) is 11.9 Å². The largest absolute Gasteiger partial charge is 0.545 e. The van der Waals surface area contributed by atoms with E-state index >= 15 is 0 Å². The summed E-state index contributed by atoms with van der Waals surface area (Å²) in [4.78, 5) is 21.2. The minimum Gasteiger partial charge on any atom is -0.545 e. The summed E-state index contributed by atoms with van der Waals surface area (Å²) in [6, 6.07) is 12.0. The van der Waals surface area contributed by atoms with Crippen molar-refractivity contribution in [2.24, 2.45) is 0 Å². The van der Waals surface area contributed by atoms with Crippen LogP contribution in [0.5, 0.6) is 5.75 Å². The van der Waals surface area contributed by atoms with Gasteiger partial charge in [0.1, 0.15) is 12.4 Å². The van der Waals surface area contributed by atoms with Crippen LogP contribution in [0.25, 0.3) is 0 Å². The van der Waals surface area contributed by atoms with E-state index in [-0.39, 0.29) is 17.7 Å². The second-order valence-corrected chi connectivity index (χ2v) is 4.08. The van der Waals surface area contributed by atoms with Crippen LogP contribution in [0.3, 0.4) is 0 Å². The van der Waals surface area contributed by atoms with E-state index in [4.69, 9.17) is 4.74 Å². The first kappa shape index (κ1) is 13.6. The number of carbonyl (C=O) groups excluding carboxylic acids is 2. The van der Waals surface area contributed by atoms with Gasteiger partial charge in [0.15, 0.2) is 0 Å². The van der Waals surface area contributed by atoms with Gasteiger partial charge in [-0.2, -0.15) is 0 Å². The Morgan fingerprint density at radius 2 is 1.25 bits per heavy atom. The van der Waals surface area contributed by atoms with Crippen molar-refractivity contribution < 1.29 is 24.5 Å². The zero-order valence-corrected chi connectivity index (χ0v) is 10.4. The second kappa shape index (κ2) is 5.88. The highest BCUT2D eigenvalue weighted by molar-refractivity contribution is 5.86. The molecule has 2 aromatic carbocycles. The highest BCUT2D eigenvalue weighted by Gasteiger charge is 1.99. The van der Waals surface area contributed by atoms with Gasteiger partial charge >= 0.3 is 0 Å². The van der Waals surface area contributed by atoms with E-state index < -0.39 is 11.9 Å². The lowest BCUT2D eigenvalue weighted by molar-refractivity contribution is -0.256. The van der Waals surface area contributed by atoms with E-state index in [9.17, 15) is 19.8 Å². The van der Waals surface area contributed by atoms with Gasteiger partial charge < -0.3 is 24.5 Å². The molecule has 0 heterocycles. The summed E-state index contributed by atoms with van der Waals surface area (Å²) in [7, 11) is 0. The smallest absolute Gasteiger partial charge is 0.119 e. The lowest BCUT2D eigenvalue weighted by Gasteiger charge is -2.08. The fraction of sp³-hybridized carbons (Fsp3) is 0.0667. The monoisotopic (exact) mass is 270 g/mol. The molecular weight excluding hydrogens is 260 g/mol. The summed E-state index contributed by atoms with van der Waals surface area (Å²) in [5.74, 6) is -1.95. The number of aromatic carboxylic acids is 2. The number of ether oxygens (including phenoxy) is 1. The average molecular weight is 270 g/mol. The summed E-state index contributed by atoms with van der Waals surface area (Å²) in [6.45, 7) is 0.248. The predicted octanol–water partition coefficient (Wildman–Crippen LogP) is -0.00740. The van der Waals surface area contributed by atoms with Gasteiger partial charge in [-0.1, -0.05) is 24.3 Å². The van der Waals surface area contributed by atoms with Crippen LogP contribution in [0.4, 0.5) is 0 Å². The molecule has 0 amide bonds. The fourth-order valence-corrected chi connectivity index (χ4v) is 1.59. The molecular formula is C15H10O5-2. The van der Waals surface area contributed by atoms with Crippen LogP contribution in [-0.2, 0) is 6.61 Å². The van der Waals surface area contributed by atoms with Crippen LogP contribution in [0.2, 0.25) is 0 Å². The first-order valence-corrected chi connectivity index (χ1v) is 5.81. The average Bonchev–Trinajstić information content (AvgIpc) is 2.46. The van der Waals surface area contributed by atoms with Gasteiger partial charge in [0, 0.05) is 0 Å². The van der Waals surface area contributed by atoms with Crippen molar-refractivity contribution in [1.82, 2.24) is 0 Å². The van der Waals surface area contributed by atoms with E-state index in [1.807, 2.05) is 0 Å². The van der Waals surface area contributed by atoms with Crippen LogP contribution in [-0.4, -0.2) is 11.9 Å². The lowest BCUT2D eigenvalue weighted by Crippen LogP contribution is -2.22. The van der Waals surface area contributed by atoms with Crippen molar-refractivity contribution in [3.63, 3.8) is 0 Å². The Labute approximate surface area is 115 Å². The third kappa shape index (κ3) is 3.35. The van der Waals surface area contributed by atoms with Crippen LogP contribution >= 0.6 is 0 Å². The molecule has 5 heteroatoms. The zero-order chi connectivity index (χ0) is 14.5. The molecule has 0 saturated heterocycles. The number of hydrogen-bond acceptors (Lipinski definition) is 5. The Morgan fingerprint density at radius 1 is 0.800 bits per heavy atom. The summed E-state index contributed by atoms with van der Waals surface area (Å²) >= 11 is 0. The number of benzene rings is 2. The Balaban J connectivity index is 1.97. The first-order valence-electron chi connectivity index (χ1n) is 5.81. The van der Waals surface area contributed by atoms with Crippen LogP contribution in [0, 0.1) is 0 Å². The standard InChI is InChI=1S/C15H12O5/c16-14(17)11-3-1-10(2-4-11)9-20-13-7-5-12(6-8-13)15(18)19/h1-8H,9H2,(H,16,17)(H,18,19)/p-2. The summed E-state index contributed by atoms with van der Waals surface area (Å²) in [5, 5.41) is 21.2. The molecule has 0 atom stereocenters. The molecule has 0 bridgehead atoms. The highest BCUT2D eigenvalue weighted by atomic mass is 16.5. The van der Waals surface area contributed by atoms with Gasteiger partial charge in [0.25, 0.3) is 0 Å². The van der Waals surface area contributed by atoms with E-state index in [1.165, 1.54) is 36.4 Å². The predicted molar refractivity (Wildman–Crippen MR) is 65.9 cm³/mol. The molecule has 0 aliphatic heterocycles. The molecule has 0 aromatic heterocycles. The molecule has 0 radical (unpaired) electrons. The number of carboxylic acids is 2. The molecule has 5 nitrogen and oxygen atoms in total. The SMILES string of the molecule is O=C([O-])c1ccc(COc2ccc(C(=O)[O-])cc2)cc1. The van der Waals surface area contributed by atoms with E-state index in [2.05, 4.69) is 0 Å². The van der Waals surface area contributed by atoms with Crippen molar-refractivity contribution in [1.29, 1.82) is 0 Å². The number of carbonyl (C=O) groups is 2. The molecule has 0 aliphatic rings. The molecule has 0 aliphatic carbocycles. The molecule has 0 spiro atoms. The molecule has 2 rings (SSSR count). The van der Waals surface area contributed by atoms with Crippen LogP contribution in [0.1, 0.15) is 26.3 Å². The summed E-state index contributed by atoms with van der Waals surface area (Å²) in [5.41, 5.74) is 0.974. The Morgan fingerprint density at radius 3 is 1.70 bits per heavy atom. The van der Waals surface area contributed by atoms with Crippen LogP contribution in [0.15, 0.2) is 48.5 Å². The maximum absolute atomic E-state index is 10.6. The topological polar surface area (TPSA) is 89.5 Å².